The lowest BCUT2D eigenvalue weighted by Crippen LogP contribution is -2.36. The summed E-state index contributed by atoms with van der Waals surface area (Å²) >= 11 is 3.39. The number of hydrogen-bond acceptors (Lipinski definition) is 3. The minimum Gasteiger partial charge on any atom is -0.423 e. The van der Waals surface area contributed by atoms with Crippen LogP contribution in [-0.2, 0) is 5.33 Å². The van der Waals surface area contributed by atoms with Gasteiger partial charge in [0.15, 0.2) is 0 Å². The topological polar surface area (TPSA) is 33.5 Å². The number of fused-ring (bicyclic) bond motifs is 1. The van der Waals surface area contributed by atoms with Gasteiger partial charge in [-0.3, -0.25) is 0 Å². The fourth-order valence-electron chi connectivity index (χ4n) is 2.10. The van der Waals surface area contributed by atoms with Crippen LogP contribution in [0.3, 0.4) is 0 Å². The van der Waals surface area contributed by atoms with Crippen molar-refractivity contribution in [2.75, 3.05) is 18.0 Å². The van der Waals surface area contributed by atoms with Gasteiger partial charge in [-0.1, -0.05) is 15.9 Å². The number of alkyl halides is 1. The Kier molecular flexibility index (Phi) is 2.67. The molecule has 1 aliphatic rings. The monoisotopic (exact) mass is 293 g/mol. The van der Waals surface area contributed by atoms with Crippen LogP contribution in [0, 0.1) is 0 Å². The van der Waals surface area contributed by atoms with Crippen LogP contribution in [0.4, 0.5) is 5.69 Å². The first kappa shape index (κ1) is 10.8. The summed E-state index contributed by atoms with van der Waals surface area (Å²) in [6.07, 6.45) is 1.24. The minimum absolute atomic E-state index is 0.285. The Morgan fingerprint density at radius 3 is 2.76 bits per heavy atom. The fraction of sp³-hybridized carbons (Fsp3) is 0.308. The summed E-state index contributed by atoms with van der Waals surface area (Å²) in [6, 6.07) is 7.62. The van der Waals surface area contributed by atoms with E-state index in [2.05, 4.69) is 26.9 Å². The first-order valence-corrected chi connectivity index (χ1v) is 6.78. The van der Waals surface area contributed by atoms with Crippen molar-refractivity contribution in [1.82, 2.24) is 0 Å². The molecule has 0 N–H and O–H groups in total. The molecule has 3 nitrogen and oxygen atoms in total. The van der Waals surface area contributed by atoms with Gasteiger partial charge in [-0.15, -0.1) is 0 Å². The highest BCUT2D eigenvalue weighted by atomic mass is 79.9. The Labute approximate surface area is 107 Å². The predicted octanol–water partition coefficient (Wildman–Crippen LogP) is 2.90. The van der Waals surface area contributed by atoms with Crippen molar-refractivity contribution in [2.24, 2.45) is 0 Å². The third kappa shape index (κ3) is 1.86. The lowest BCUT2D eigenvalue weighted by molar-refractivity contribution is 0.558. The number of halogens is 1. The van der Waals surface area contributed by atoms with Crippen molar-refractivity contribution >= 4 is 32.6 Å². The van der Waals surface area contributed by atoms with E-state index < -0.39 is 0 Å². The Morgan fingerprint density at radius 2 is 2.12 bits per heavy atom. The number of nitrogens with zero attached hydrogens (tertiary/aromatic N) is 1. The lowest BCUT2D eigenvalue weighted by atomic mass is 10.1. The molecule has 17 heavy (non-hydrogen) atoms. The summed E-state index contributed by atoms with van der Waals surface area (Å²) < 4.78 is 5.26. The van der Waals surface area contributed by atoms with Gasteiger partial charge in [-0.2, -0.15) is 0 Å². The van der Waals surface area contributed by atoms with E-state index in [1.807, 2.05) is 12.1 Å². The summed E-state index contributed by atoms with van der Waals surface area (Å²) in [7, 11) is 0. The van der Waals surface area contributed by atoms with Crippen molar-refractivity contribution in [3.8, 4) is 0 Å². The second-order valence-corrected chi connectivity index (χ2v) is 4.81. The molecule has 0 saturated carbocycles. The molecule has 2 heterocycles. The molecular weight excluding hydrogens is 282 g/mol. The van der Waals surface area contributed by atoms with Crippen molar-refractivity contribution in [3.05, 3.63) is 40.2 Å². The molecule has 88 valence electrons. The number of benzene rings is 1. The summed E-state index contributed by atoms with van der Waals surface area (Å²) in [6.45, 7) is 2.18. The number of hydrogen-bond donors (Lipinski definition) is 0. The maximum Gasteiger partial charge on any atom is 0.336 e. The third-order valence-corrected chi connectivity index (χ3v) is 3.78. The number of anilines is 1. The average molecular weight is 294 g/mol. The van der Waals surface area contributed by atoms with E-state index >= 15 is 0 Å². The summed E-state index contributed by atoms with van der Waals surface area (Å²) in [5, 5.41) is 1.67. The maximum atomic E-state index is 11.4. The Hall–Kier alpha value is -1.29. The van der Waals surface area contributed by atoms with E-state index in [0.717, 1.165) is 29.7 Å². The number of rotatable bonds is 2. The zero-order chi connectivity index (χ0) is 11.8. The molecule has 1 saturated heterocycles. The average Bonchev–Trinajstić information content (AvgIpc) is 2.25. The molecule has 2 aromatic rings. The van der Waals surface area contributed by atoms with Crippen LogP contribution in [0.1, 0.15) is 12.0 Å². The molecule has 0 unspecified atom stereocenters. The zero-order valence-electron chi connectivity index (χ0n) is 9.28. The first-order valence-electron chi connectivity index (χ1n) is 5.65. The summed E-state index contributed by atoms with van der Waals surface area (Å²) in [5.74, 6) is 0. The van der Waals surface area contributed by atoms with Gasteiger partial charge in [0.05, 0.1) is 0 Å². The van der Waals surface area contributed by atoms with E-state index in [-0.39, 0.29) is 5.63 Å². The maximum absolute atomic E-state index is 11.4. The molecule has 0 spiro atoms. The lowest BCUT2D eigenvalue weighted by Gasteiger charge is -2.33. The van der Waals surface area contributed by atoms with Gasteiger partial charge >= 0.3 is 5.63 Å². The Bertz CT molecular complexity index is 616. The first-order chi connectivity index (χ1) is 8.28. The molecule has 0 aliphatic carbocycles. The van der Waals surface area contributed by atoms with Crippen molar-refractivity contribution < 1.29 is 4.42 Å². The summed E-state index contributed by atoms with van der Waals surface area (Å²) in [5.41, 5.74) is 2.51. The Morgan fingerprint density at radius 1 is 1.29 bits per heavy atom. The van der Waals surface area contributed by atoms with Crippen LogP contribution in [0.15, 0.2) is 33.5 Å². The second kappa shape index (κ2) is 4.18. The molecule has 0 bridgehead atoms. The van der Waals surface area contributed by atoms with E-state index in [4.69, 9.17) is 4.42 Å². The molecule has 1 aliphatic heterocycles. The third-order valence-electron chi connectivity index (χ3n) is 3.18. The van der Waals surface area contributed by atoms with Gasteiger partial charge in [-0.25, -0.2) is 4.79 Å². The molecule has 1 aromatic carbocycles. The molecule has 0 amide bonds. The van der Waals surface area contributed by atoms with Gasteiger partial charge in [0, 0.05) is 41.6 Å². The molecule has 0 radical (unpaired) electrons. The molecule has 4 heteroatoms. The van der Waals surface area contributed by atoms with Crippen molar-refractivity contribution in [1.29, 1.82) is 0 Å². The van der Waals surface area contributed by atoms with Gasteiger partial charge in [-0.05, 0) is 24.1 Å². The van der Waals surface area contributed by atoms with Crippen molar-refractivity contribution in [2.45, 2.75) is 11.8 Å². The van der Waals surface area contributed by atoms with Gasteiger partial charge < -0.3 is 9.32 Å². The fourth-order valence-corrected chi connectivity index (χ4v) is 2.56. The van der Waals surface area contributed by atoms with Crippen LogP contribution in [0.2, 0.25) is 0 Å². The highest BCUT2D eigenvalue weighted by molar-refractivity contribution is 9.08. The van der Waals surface area contributed by atoms with Gasteiger partial charge in [0.2, 0.25) is 0 Å². The molecule has 1 fully saturated rings. The van der Waals surface area contributed by atoms with Gasteiger partial charge in [0.25, 0.3) is 0 Å². The van der Waals surface area contributed by atoms with Crippen LogP contribution in [-0.4, -0.2) is 13.1 Å². The highest BCUT2D eigenvalue weighted by Crippen LogP contribution is 2.27. The predicted molar refractivity (Wildman–Crippen MR) is 71.9 cm³/mol. The smallest absolute Gasteiger partial charge is 0.336 e. The Balaban J connectivity index is 2.18. The molecule has 3 rings (SSSR count). The van der Waals surface area contributed by atoms with Crippen LogP contribution in [0.5, 0.6) is 0 Å². The van der Waals surface area contributed by atoms with E-state index in [1.54, 1.807) is 6.07 Å². The van der Waals surface area contributed by atoms with E-state index in [0.29, 0.717) is 10.9 Å². The standard InChI is InChI=1S/C13H12BrNO2/c14-8-9-6-13(16)17-12-7-10(2-3-11(9)12)15-4-1-5-15/h2-3,6-7H,1,4-5,8H2. The normalized spacial score (nSPS) is 15.0. The molecule has 0 atom stereocenters. The summed E-state index contributed by atoms with van der Waals surface area (Å²) in [4.78, 5) is 13.7. The van der Waals surface area contributed by atoms with Gasteiger partial charge in [0.1, 0.15) is 5.58 Å². The van der Waals surface area contributed by atoms with Crippen LogP contribution in [0.25, 0.3) is 11.0 Å². The quantitative estimate of drug-likeness (QED) is 0.631. The second-order valence-electron chi connectivity index (χ2n) is 4.25. The van der Waals surface area contributed by atoms with Crippen LogP contribution < -0.4 is 10.5 Å². The van der Waals surface area contributed by atoms with E-state index in [1.165, 1.54) is 6.42 Å². The van der Waals surface area contributed by atoms with Crippen molar-refractivity contribution in [3.63, 3.8) is 0 Å². The SMILES string of the molecule is O=c1cc(CBr)c2ccc(N3CCC3)cc2o1. The van der Waals surface area contributed by atoms with E-state index in [9.17, 15) is 4.79 Å². The zero-order valence-corrected chi connectivity index (χ0v) is 10.9. The molecular formula is C13H12BrNO2. The molecule has 1 aromatic heterocycles. The highest BCUT2D eigenvalue weighted by Gasteiger charge is 2.15. The minimum atomic E-state index is -0.285. The largest absolute Gasteiger partial charge is 0.423 e. The van der Waals surface area contributed by atoms with Crippen LogP contribution >= 0.6 is 15.9 Å².